The lowest BCUT2D eigenvalue weighted by Gasteiger charge is -2.19. The van der Waals surface area contributed by atoms with Crippen LogP contribution in [0, 0.1) is 11.3 Å². The number of rotatable bonds is 6. The molecule has 0 saturated heterocycles. The Bertz CT molecular complexity index is 919. The molecule has 128 valence electrons. The highest BCUT2D eigenvalue weighted by Crippen LogP contribution is 2.33. The molecule has 0 unspecified atom stereocenters. The first-order valence-corrected chi connectivity index (χ1v) is 8.34. The standard InChI is InChI=1S/C19H22N6/c1-19(2,12-21)14-8-13(9-15(10-14)22-6-3-5-20)16-4-7-23-18-17(16)11-24-25-18/h4,7-11,22H,3,5-6,20H2,1-2H3,(H,23,24,25). The largest absolute Gasteiger partial charge is 0.385 e. The number of nitrogens with zero attached hydrogens (tertiary/aromatic N) is 3. The van der Waals surface area contributed by atoms with Crippen LogP contribution < -0.4 is 11.1 Å². The van der Waals surface area contributed by atoms with Gasteiger partial charge in [0.15, 0.2) is 5.65 Å². The van der Waals surface area contributed by atoms with E-state index < -0.39 is 5.41 Å². The van der Waals surface area contributed by atoms with Crippen LogP contribution in [0.5, 0.6) is 0 Å². The maximum absolute atomic E-state index is 9.54. The van der Waals surface area contributed by atoms with Crippen molar-refractivity contribution in [3.63, 3.8) is 0 Å². The number of benzene rings is 1. The van der Waals surface area contributed by atoms with E-state index in [-0.39, 0.29) is 0 Å². The van der Waals surface area contributed by atoms with Crippen LogP contribution in [-0.4, -0.2) is 28.3 Å². The fourth-order valence-corrected chi connectivity index (χ4v) is 2.75. The zero-order chi connectivity index (χ0) is 17.9. The molecule has 0 atom stereocenters. The third-order valence-corrected chi connectivity index (χ3v) is 4.31. The van der Waals surface area contributed by atoms with Crippen molar-refractivity contribution in [2.45, 2.75) is 25.7 Å². The highest BCUT2D eigenvalue weighted by atomic mass is 15.1. The van der Waals surface area contributed by atoms with Crippen molar-refractivity contribution in [1.82, 2.24) is 15.2 Å². The third kappa shape index (κ3) is 3.47. The van der Waals surface area contributed by atoms with Crippen molar-refractivity contribution in [3.8, 4) is 17.2 Å². The Kier molecular flexibility index (Phi) is 4.68. The van der Waals surface area contributed by atoms with Crippen molar-refractivity contribution in [1.29, 1.82) is 5.26 Å². The molecular formula is C19H22N6. The van der Waals surface area contributed by atoms with Crippen LogP contribution in [0.15, 0.2) is 36.7 Å². The van der Waals surface area contributed by atoms with Crippen molar-refractivity contribution < 1.29 is 0 Å². The Morgan fingerprint density at radius 1 is 1.32 bits per heavy atom. The first kappa shape index (κ1) is 16.9. The first-order valence-electron chi connectivity index (χ1n) is 8.34. The van der Waals surface area contributed by atoms with E-state index in [1.807, 2.05) is 26.0 Å². The van der Waals surface area contributed by atoms with Gasteiger partial charge in [-0.2, -0.15) is 10.4 Å². The average Bonchev–Trinajstić information content (AvgIpc) is 3.10. The van der Waals surface area contributed by atoms with Crippen molar-refractivity contribution in [2.75, 3.05) is 18.4 Å². The zero-order valence-corrected chi connectivity index (χ0v) is 14.5. The van der Waals surface area contributed by atoms with Gasteiger partial charge in [0.05, 0.1) is 17.7 Å². The molecule has 0 aliphatic rings. The van der Waals surface area contributed by atoms with Crippen LogP contribution >= 0.6 is 0 Å². The highest BCUT2D eigenvalue weighted by Gasteiger charge is 2.21. The Morgan fingerprint density at radius 3 is 2.92 bits per heavy atom. The molecule has 6 nitrogen and oxygen atoms in total. The Morgan fingerprint density at radius 2 is 2.16 bits per heavy atom. The second-order valence-corrected chi connectivity index (χ2v) is 6.60. The minimum Gasteiger partial charge on any atom is -0.385 e. The minimum absolute atomic E-state index is 0.581. The molecule has 4 N–H and O–H groups in total. The van der Waals surface area contributed by atoms with Crippen LogP contribution in [0.1, 0.15) is 25.8 Å². The van der Waals surface area contributed by atoms with Gasteiger partial charge in [-0.3, -0.25) is 5.10 Å². The van der Waals surface area contributed by atoms with Gasteiger partial charge in [0.1, 0.15) is 0 Å². The molecule has 0 radical (unpaired) electrons. The van der Waals surface area contributed by atoms with Gasteiger partial charge >= 0.3 is 0 Å². The number of hydrogen-bond donors (Lipinski definition) is 3. The molecule has 2 aromatic heterocycles. The van der Waals surface area contributed by atoms with Crippen LogP contribution in [0.3, 0.4) is 0 Å². The molecule has 0 spiro atoms. The number of pyridine rings is 1. The van der Waals surface area contributed by atoms with Crippen molar-refractivity contribution in [2.24, 2.45) is 5.73 Å². The number of aromatic amines is 1. The summed E-state index contributed by atoms with van der Waals surface area (Å²) in [7, 11) is 0. The van der Waals surface area contributed by atoms with Gasteiger partial charge in [0.25, 0.3) is 0 Å². The molecule has 25 heavy (non-hydrogen) atoms. The van der Waals surface area contributed by atoms with Gasteiger partial charge in [-0.25, -0.2) is 4.98 Å². The zero-order valence-electron chi connectivity index (χ0n) is 14.5. The van der Waals surface area contributed by atoms with Crippen molar-refractivity contribution in [3.05, 3.63) is 42.2 Å². The lowest BCUT2D eigenvalue weighted by Crippen LogP contribution is -2.15. The van der Waals surface area contributed by atoms with Gasteiger partial charge in [-0.1, -0.05) is 0 Å². The summed E-state index contributed by atoms with van der Waals surface area (Å²) in [5.41, 5.74) is 9.78. The molecule has 0 amide bonds. The number of nitriles is 1. The van der Waals surface area contributed by atoms with E-state index in [1.54, 1.807) is 12.4 Å². The lowest BCUT2D eigenvalue weighted by molar-refractivity contribution is 0.687. The van der Waals surface area contributed by atoms with Crippen LogP contribution in [-0.2, 0) is 5.41 Å². The van der Waals surface area contributed by atoms with Crippen LogP contribution in [0.2, 0.25) is 0 Å². The second-order valence-electron chi connectivity index (χ2n) is 6.60. The third-order valence-electron chi connectivity index (χ3n) is 4.31. The Hall–Kier alpha value is -2.91. The average molecular weight is 334 g/mol. The summed E-state index contributed by atoms with van der Waals surface area (Å²) < 4.78 is 0. The molecule has 1 aromatic carbocycles. The molecule has 3 rings (SSSR count). The summed E-state index contributed by atoms with van der Waals surface area (Å²) in [5.74, 6) is 0. The number of hydrogen-bond acceptors (Lipinski definition) is 5. The summed E-state index contributed by atoms with van der Waals surface area (Å²) in [6.45, 7) is 5.29. The summed E-state index contributed by atoms with van der Waals surface area (Å²) in [6, 6.07) is 10.6. The maximum atomic E-state index is 9.54. The summed E-state index contributed by atoms with van der Waals surface area (Å²) in [4.78, 5) is 4.30. The number of anilines is 1. The predicted octanol–water partition coefficient (Wildman–Crippen LogP) is 3.19. The van der Waals surface area contributed by atoms with Crippen LogP contribution in [0.4, 0.5) is 5.69 Å². The summed E-state index contributed by atoms with van der Waals surface area (Å²) >= 11 is 0. The van der Waals surface area contributed by atoms with E-state index in [0.717, 1.165) is 46.4 Å². The van der Waals surface area contributed by atoms with Gasteiger partial charge in [-0.05, 0) is 67.8 Å². The van der Waals surface area contributed by atoms with E-state index in [0.29, 0.717) is 6.54 Å². The summed E-state index contributed by atoms with van der Waals surface area (Å²) in [5, 5.41) is 20.9. The Labute approximate surface area is 147 Å². The van der Waals surface area contributed by atoms with E-state index in [1.165, 1.54) is 0 Å². The second kappa shape index (κ2) is 6.91. The van der Waals surface area contributed by atoms with Gasteiger partial charge in [0, 0.05) is 23.8 Å². The molecule has 6 heteroatoms. The first-order chi connectivity index (χ1) is 12.0. The van der Waals surface area contributed by atoms with E-state index in [4.69, 9.17) is 5.73 Å². The van der Waals surface area contributed by atoms with Crippen LogP contribution in [0.25, 0.3) is 22.2 Å². The topological polar surface area (TPSA) is 103 Å². The van der Waals surface area contributed by atoms with E-state index >= 15 is 0 Å². The fraction of sp³-hybridized carbons (Fsp3) is 0.316. The van der Waals surface area contributed by atoms with E-state index in [2.05, 4.69) is 38.7 Å². The Balaban J connectivity index is 2.12. The molecule has 2 heterocycles. The molecule has 0 bridgehead atoms. The highest BCUT2D eigenvalue weighted by molar-refractivity contribution is 5.92. The normalized spacial score (nSPS) is 11.4. The molecule has 0 aliphatic carbocycles. The fourth-order valence-electron chi connectivity index (χ4n) is 2.75. The number of nitrogens with one attached hydrogen (secondary N) is 2. The SMILES string of the molecule is CC(C)(C#N)c1cc(NCCCN)cc(-c2ccnc3[nH]ncc23)c1. The minimum atomic E-state index is -0.581. The van der Waals surface area contributed by atoms with Gasteiger partial charge < -0.3 is 11.1 Å². The number of fused-ring (bicyclic) bond motifs is 1. The molecule has 0 saturated carbocycles. The monoisotopic (exact) mass is 334 g/mol. The molecular weight excluding hydrogens is 312 g/mol. The smallest absolute Gasteiger partial charge is 0.155 e. The van der Waals surface area contributed by atoms with Gasteiger partial charge in [-0.15, -0.1) is 0 Å². The molecule has 0 fully saturated rings. The number of nitrogens with two attached hydrogens (primary N) is 1. The van der Waals surface area contributed by atoms with Gasteiger partial charge in [0.2, 0.25) is 0 Å². The number of aromatic nitrogens is 3. The van der Waals surface area contributed by atoms with Crippen molar-refractivity contribution >= 4 is 16.7 Å². The lowest BCUT2D eigenvalue weighted by atomic mass is 9.84. The van der Waals surface area contributed by atoms with E-state index in [9.17, 15) is 5.26 Å². The predicted molar refractivity (Wildman–Crippen MR) is 100 cm³/mol. The summed E-state index contributed by atoms with van der Waals surface area (Å²) in [6.07, 6.45) is 4.43. The maximum Gasteiger partial charge on any atom is 0.155 e. The number of H-pyrrole nitrogens is 1. The quantitative estimate of drug-likeness (QED) is 0.601. The molecule has 3 aromatic rings. The molecule has 0 aliphatic heterocycles.